The molecule has 0 aromatic rings. The zero-order valence-electron chi connectivity index (χ0n) is 10.6. The standard InChI is InChI=1S/C13H24N2/c1-5-12(10-14)15-8-6-11(7-9-15)13(2,3)4/h11-12H,5-9H2,1-4H3. The molecule has 0 bridgehead atoms. The maximum atomic E-state index is 9.01. The van der Waals surface area contributed by atoms with Crippen molar-refractivity contribution in [1.82, 2.24) is 4.90 Å². The fraction of sp³-hybridized carbons (Fsp3) is 0.923. The van der Waals surface area contributed by atoms with E-state index in [1.807, 2.05) is 0 Å². The lowest BCUT2D eigenvalue weighted by Gasteiger charge is -2.40. The molecule has 1 heterocycles. The van der Waals surface area contributed by atoms with E-state index in [-0.39, 0.29) is 6.04 Å². The van der Waals surface area contributed by atoms with Crippen LogP contribution >= 0.6 is 0 Å². The Kier molecular flexibility index (Phi) is 4.16. The number of nitriles is 1. The summed E-state index contributed by atoms with van der Waals surface area (Å²) < 4.78 is 0. The number of hydrogen-bond acceptors (Lipinski definition) is 2. The third-order valence-corrected chi connectivity index (χ3v) is 3.73. The second-order valence-electron chi connectivity index (χ2n) is 5.73. The predicted octanol–water partition coefficient (Wildman–Crippen LogP) is 3.05. The largest absolute Gasteiger partial charge is 0.288 e. The van der Waals surface area contributed by atoms with Gasteiger partial charge in [-0.15, -0.1) is 0 Å². The molecule has 1 aliphatic heterocycles. The average Bonchev–Trinajstić information content (AvgIpc) is 2.19. The second-order valence-corrected chi connectivity index (χ2v) is 5.73. The van der Waals surface area contributed by atoms with E-state index in [0.717, 1.165) is 25.4 Å². The van der Waals surface area contributed by atoms with Crippen molar-refractivity contribution >= 4 is 0 Å². The first-order chi connectivity index (χ1) is 6.99. The maximum Gasteiger partial charge on any atom is 0.0975 e. The van der Waals surface area contributed by atoms with Crippen LogP contribution in [-0.2, 0) is 0 Å². The summed E-state index contributed by atoms with van der Waals surface area (Å²) in [6.07, 6.45) is 3.46. The lowest BCUT2D eigenvalue weighted by molar-refractivity contribution is 0.0964. The molecule has 0 radical (unpaired) electrons. The molecule has 0 aromatic carbocycles. The van der Waals surface area contributed by atoms with Crippen molar-refractivity contribution in [3.63, 3.8) is 0 Å². The Hall–Kier alpha value is -0.550. The van der Waals surface area contributed by atoms with Gasteiger partial charge in [0.05, 0.1) is 12.1 Å². The summed E-state index contributed by atoms with van der Waals surface area (Å²) in [6.45, 7) is 11.3. The van der Waals surface area contributed by atoms with Gasteiger partial charge in [-0.25, -0.2) is 0 Å². The van der Waals surface area contributed by atoms with Crippen molar-refractivity contribution in [2.24, 2.45) is 11.3 Å². The molecule has 2 nitrogen and oxygen atoms in total. The Balaban J connectivity index is 2.46. The van der Waals surface area contributed by atoms with E-state index in [9.17, 15) is 0 Å². The van der Waals surface area contributed by atoms with Crippen LogP contribution in [0.4, 0.5) is 0 Å². The van der Waals surface area contributed by atoms with Crippen LogP contribution in [0.15, 0.2) is 0 Å². The normalized spacial score (nSPS) is 22.3. The van der Waals surface area contributed by atoms with Gasteiger partial charge in [0.2, 0.25) is 0 Å². The maximum absolute atomic E-state index is 9.01. The zero-order valence-corrected chi connectivity index (χ0v) is 10.6. The molecule has 1 rings (SSSR count). The third-order valence-electron chi connectivity index (χ3n) is 3.73. The minimum atomic E-state index is 0.144. The van der Waals surface area contributed by atoms with Crippen LogP contribution in [-0.4, -0.2) is 24.0 Å². The molecule has 1 atom stereocenters. The third kappa shape index (κ3) is 3.21. The summed E-state index contributed by atoms with van der Waals surface area (Å²) in [6, 6.07) is 2.55. The Bertz CT molecular complexity index is 226. The molecule has 0 aliphatic carbocycles. The number of hydrogen-bond donors (Lipinski definition) is 0. The van der Waals surface area contributed by atoms with Crippen LogP contribution in [0.25, 0.3) is 0 Å². The van der Waals surface area contributed by atoms with E-state index in [4.69, 9.17) is 5.26 Å². The van der Waals surface area contributed by atoms with Crippen LogP contribution in [0.2, 0.25) is 0 Å². The number of piperidine rings is 1. The lowest BCUT2D eigenvalue weighted by Crippen LogP contribution is -2.42. The molecule has 0 saturated carbocycles. The minimum absolute atomic E-state index is 0.144. The van der Waals surface area contributed by atoms with Gasteiger partial charge in [0.15, 0.2) is 0 Å². The minimum Gasteiger partial charge on any atom is -0.288 e. The first kappa shape index (κ1) is 12.5. The van der Waals surface area contributed by atoms with Gasteiger partial charge in [-0.05, 0) is 43.7 Å². The van der Waals surface area contributed by atoms with Crippen LogP contribution in [0.3, 0.4) is 0 Å². The van der Waals surface area contributed by atoms with E-state index < -0.39 is 0 Å². The summed E-state index contributed by atoms with van der Waals surface area (Å²) in [5.41, 5.74) is 0.431. The summed E-state index contributed by atoms with van der Waals surface area (Å²) >= 11 is 0. The molecule has 1 fully saturated rings. The van der Waals surface area contributed by atoms with E-state index in [2.05, 4.69) is 38.7 Å². The topological polar surface area (TPSA) is 27.0 Å². The first-order valence-corrected chi connectivity index (χ1v) is 6.12. The quantitative estimate of drug-likeness (QED) is 0.697. The van der Waals surface area contributed by atoms with Gasteiger partial charge >= 0.3 is 0 Å². The summed E-state index contributed by atoms with van der Waals surface area (Å²) in [5.74, 6) is 0.824. The number of likely N-dealkylation sites (tertiary alicyclic amines) is 1. The molecule has 1 saturated heterocycles. The van der Waals surface area contributed by atoms with Crippen LogP contribution in [0.1, 0.15) is 47.0 Å². The van der Waals surface area contributed by atoms with Crippen molar-refractivity contribution < 1.29 is 0 Å². The van der Waals surface area contributed by atoms with Crippen molar-refractivity contribution in [2.75, 3.05) is 13.1 Å². The molecule has 0 aromatic heterocycles. The highest BCUT2D eigenvalue weighted by molar-refractivity contribution is 4.93. The summed E-state index contributed by atoms with van der Waals surface area (Å²) in [4.78, 5) is 2.35. The molecule has 0 N–H and O–H groups in total. The van der Waals surface area contributed by atoms with Crippen LogP contribution < -0.4 is 0 Å². The highest BCUT2D eigenvalue weighted by Crippen LogP contribution is 2.34. The van der Waals surface area contributed by atoms with Gasteiger partial charge in [0.25, 0.3) is 0 Å². The Morgan fingerprint density at radius 2 is 1.87 bits per heavy atom. The molecule has 86 valence electrons. The molecule has 0 amide bonds. The SMILES string of the molecule is CCC(C#N)N1CCC(C(C)(C)C)CC1. The van der Waals surface area contributed by atoms with Crippen molar-refractivity contribution in [1.29, 1.82) is 5.26 Å². The van der Waals surface area contributed by atoms with Crippen molar-refractivity contribution in [2.45, 2.75) is 53.0 Å². The summed E-state index contributed by atoms with van der Waals surface area (Å²) in [5, 5.41) is 9.01. The molecule has 1 unspecified atom stereocenters. The van der Waals surface area contributed by atoms with Crippen molar-refractivity contribution in [3.05, 3.63) is 0 Å². The van der Waals surface area contributed by atoms with Gasteiger partial charge in [0, 0.05) is 0 Å². The summed E-state index contributed by atoms with van der Waals surface area (Å²) in [7, 11) is 0. The Morgan fingerprint density at radius 3 is 2.20 bits per heavy atom. The average molecular weight is 208 g/mol. The van der Waals surface area contributed by atoms with E-state index >= 15 is 0 Å². The molecule has 1 aliphatic rings. The Labute approximate surface area is 94.3 Å². The van der Waals surface area contributed by atoms with Gasteiger partial charge in [-0.3, -0.25) is 4.90 Å². The van der Waals surface area contributed by atoms with Crippen molar-refractivity contribution in [3.8, 4) is 6.07 Å². The van der Waals surface area contributed by atoms with E-state index in [1.165, 1.54) is 12.8 Å². The first-order valence-electron chi connectivity index (χ1n) is 6.12. The predicted molar refractivity (Wildman–Crippen MR) is 63.4 cm³/mol. The molecule has 0 spiro atoms. The van der Waals surface area contributed by atoms with Gasteiger partial charge in [0.1, 0.15) is 0 Å². The smallest absolute Gasteiger partial charge is 0.0975 e. The lowest BCUT2D eigenvalue weighted by atomic mass is 9.75. The molecular formula is C13H24N2. The fourth-order valence-corrected chi connectivity index (χ4v) is 2.51. The molecule has 15 heavy (non-hydrogen) atoms. The van der Waals surface area contributed by atoms with Crippen LogP contribution in [0.5, 0.6) is 0 Å². The molecular weight excluding hydrogens is 184 g/mol. The Morgan fingerprint density at radius 1 is 1.33 bits per heavy atom. The van der Waals surface area contributed by atoms with Gasteiger partial charge in [-0.1, -0.05) is 27.7 Å². The molecule has 2 heteroatoms. The second kappa shape index (κ2) is 4.99. The van der Waals surface area contributed by atoms with Gasteiger partial charge < -0.3 is 0 Å². The highest BCUT2D eigenvalue weighted by atomic mass is 15.2. The number of nitrogens with zero attached hydrogens (tertiary/aromatic N) is 2. The van der Waals surface area contributed by atoms with Gasteiger partial charge in [-0.2, -0.15) is 5.26 Å². The monoisotopic (exact) mass is 208 g/mol. The van der Waals surface area contributed by atoms with E-state index in [1.54, 1.807) is 0 Å². The highest BCUT2D eigenvalue weighted by Gasteiger charge is 2.30. The fourth-order valence-electron chi connectivity index (χ4n) is 2.51. The van der Waals surface area contributed by atoms with Crippen LogP contribution in [0, 0.1) is 22.7 Å². The number of rotatable bonds is 2. The zero-order chi connectivity index (χ0) is 11.5. The van der Waals surface area contributed by atoms with E-state index in [0.29, 0.717) is 5.41 Å².